The van der Waals surface area contributed by atoms with Gasteiger partial charge in [0.05, 0.1) is 12.8 Å². The van der Waals surface area contributed by atoms with E-state index < -0.39 is 0 Å². The highest BCUT2D eigenvalue weighted by atomic mass is 16.5. The summed E-state index contributed by atoms with van der Waals surface area (Å²) in [6, 6.07) is 7.28. The second kappa shape index (κ2) is 8.24. The maximum Gasteiger partial charge on any atom is 0.332 e. The molecule has 1 aromatic carbocycles. The third-order valence-electron chi connectivity index (χ3n) is 5.45. The lowest BCUT2D eigenvalue weighted by atomic mass is 9.83. The molecule has 27 heavy (non-hydrogen) atoms. The Balaban J connectivity index is 1.65. The summed E-state index contributed by atoms with van der Waals surface area (Å²) >= 11 is 0. The largest absolute Gasteiger partial charge is 0.469 e. The number of nitrogen functional groups attached to an aromatic ring is 1. The van der Waals surface area contributed by atoms with Gasteiger partial charge in [-0.25, -0.2) is 4.79 Å². The molecule has 1 saturated carbocycles. The highest BCUT2D eigenvalue weighted by Gasteiger charge is 2.24. The number of aromatic nitrogens is 2. The number of esters is 1. The molecule has 0 atom stereocenters. The maximum absolute atomic E-state index is 12.8. The first-order valence-corrected chi connectivity index (χ1v) is 9.30. The van der Waals surface area contributed by atoms with Gasteiger partial charge in [-0.05, 0) is 62.3 Å². The average Bonchev–Trinajstić information content (AvgIpc) is 3.08. The van der Waals surface area contributed by atoms with Crippen LogP contribution in [0.1, 0.15) is 50.1 Å². The van der Waals surface area contributed by atoms with E-state index in [1.54, 1.807) is 35.0 Å². The third-order valence-corrected chi connectivity index (χ3v) is 5.45. The predicted molar refractivity (Wildman–Crippen MR) is 103 cm³/mol. The van der Waals surface area contributed by atoms with Crippen molar-refractivity contribution in [2.75, 3.05) is 7.11 Å². The molecule has 1 fully saturated rings. The van der Waals surface area contributed by atoms with Crippen LogP contribution in [-0.4, -0.2) is 28.0 Å². The standard InChI is InChI=1S/C20H26N4O3/c1-27-18(25)11-4-14-2-7-16(8-3-14)23-12-13-24(20(23)26)17-9-5-15(6-10-17)19(21)22/h5-6,9-10,12-14,16H,2-4,7-8,11H2,1H3,(H3,21,22). The zero-order valence-corrected chi connectivity index (χ0v) is 15.6. The molecule has 0 bridgehead atoms. The van der Waals surface area contributed by atoms with Crippen molar-refractivity contribution in [1.29, 1.82) is 5.41 Å². The van der Waals surface area contributed by atoms with E-state index in [9.17, 15) is 9.59 Å². The zero-order chi connectivity index (χ0) is 19.4. The Morgan fingerprint density at radius 2 is 1.85 bits per heavy atom. The fourth-order valence-corrected chi connectivity index (χ4v) is 3.80. The van der Waals surface area contributed by atoms with Crippen LogP contribution >= 0.6 is 0 Å². The maximum atomic E-state index is 12.8. The number of hydrogen-bond acceptors (Lipinski definition) is 4. The lowest BCUT2D eigenvalue weighted by Gasteiger charge is -2.28. The first kappa shape index (κ1) is 18.9. The van der Waals surface area contributed by atoms with Gasteiger partial charge in [0.25, 0.3) is 0 Å². The van der Waals surface area contributed by atoms with Gasteiger partial charge in [0.15, 0.2) is 0 Å². The summed E-state index contributed by atoms with van der Waals surface area (Å²) < 4.78 is 8.14. The van der Waals surface area contributed by atoms with Crippen molar-refractivity contribution < 1.29 is 9.53 Å². The molecule has 0 saturated heterocycles. The van der Waals surface area contributed by atoms with E-state index in [0.29, 0.717) is 17.9 Å². The van der Waals surface area contributed by atoms with Crippen molar-refractivity contribution >= 4 is 11.8 Å². The van der Waals surface area contributed by atoms with Crippen LogP contribution in [0.5, 0.6) is 0 Å². The fraction of sp³-hybridized carbons (Fsp3) is 0.450. The number of methoxy groups -OCH3 is 1. The monoisotopic (exact) mass is 370 g/mol. The molecule has 7 nitrogen and oxygen atoms in total. The Labute approximate surface area is 158 Å². The molecule has 1 aromatic heterocycles. The van der Waals surface area contributed by atoms with Crippen molar-refractivity contribution in [2.24, 2.45) is 11.7 Å². The average molecular weight is 370 g/mol. The molecule has 2 aromatic rings. The molecule has 1 heterocycles. The van der Waals surface area contributed by atoms with Gasteiger partial charge >= 0.3 is 11.7 Å². The molecule has 0 unspecified atom stereocenters. The minimum atomic E-state index is -0.152. The quantitative estimate of drug-likeness (QED) is 0.463. The van der Waals surface area contributed by atoms with Gasteiger partial charge in [0.1, 0.15) is 5.84 Å². The smallest absolute Gasteiger partial charge is 0.332 e. The Kier molecular flexibility index (Phi) is 5.78. The molecular weight excluding hydrogens is 344 g/mol. The SMILES string of the molecule is COC(=O)CCC1CCC(n2ccn(-c3ccc(C(=N)N)cc3)c2=O)CC1. The number of rotatable bonds is 6. The summed E-state index contributed by atoms with van der Waals surface area (Å²) in [6.07, 6.45) is 8.89. The highest BCUT2D eigenvalue weighted by molar-refractivity contribution is 5.95. The summed E-state index contributed by atoms with van der Waals surface area (Å²) in [5.41, 5.74) is 6.82. The highest BCUT2D eigenvalue weighted by Crippen LogP contribution is 2.33. The number of carbonyl (C=O) groups excluding carboxylic acids is 1. The van der Waals surface area contributed by atoms with E-state index >= 15 is 0 Å². The van der Waals surface area contributed by atoms with Crippen molar-refractivity contribution in [3.8, 4) is 5.69 Å². The van der Waals surface area contributed by atoms with Gasteiger partial charge in [-0.1, -0.05) is 0 Å². The minimum absolute atomic E-state index is 0.00965. The first-order chi connectivity index (χ1) is 13.0. The molecule has 7 heteroatoms. The zero-order valence-electron chi connectivity index (χ0n) is 15.6. The third kappa shape index (κ3) is 4.30. The Morgan fingerprint density at radius 1 is 1.19 bits per heavy atom. The van der Waals surface area contributed by atoms with Crippen LogP contribution in [0.2, 0.25) is 0 Å². The van der Waals surface area contributed by atoms with Crippen molar-refractivity contribution in [3.05, 3.63) is 52.7 Å². The number of nitrogens with zero attached hydrogens (tertiary/aromatic N) is 2. The van der Waals surface area contributed by atoms with Crippen molar-refractivity contribution in [2.45, 2.75) is 44.6 Å². The molecule has 1 aliphatic carbocycles. The summed E-state index contributed by atoms with van der Waals surface area (Å²) in [5.74, 6) is 0.383. The lowest BCUT2D eigenvalue weighted by molar-refractivity contribution is -0.141. The van der Waals surface area contributed by atoms with Crippen molar-refractivity contribution in [1.82, 2.24) is 9.13 Å². The van der Waals surface area contributed by atoms with E-state index in [1.165, 1.54) is 7.11 Å². The van der Waals surface area contributed by atoms with Crippen LogP contribution < -0.4 is 11.4 Å². The van der Waals surface area contributed by atoms with E-state index in [2.05, 4.69) is 0 Å². The summed E-state index contributed by atoms with van der Waals surface area (Å²) in [5, 5.41) is 7.45. The number of carbonyl (C=O) groups is 1. The van der Waals surface area contributed by atoms with Gasteiger partial charge in [0, 0.05) is 30.4 Å². The number of nitrogens with one attached hydrogen (secondary N) is 1. The Morgan fingerprint density at radius 3 is 2.44 bits per heavy atom. The molecule has 0 amide bonds. The van der Waals surface area contributed by atoms with Gasteiger partial charge in [-0.3, -0.25) is 19.3 Å². The molecule has 1 aliphatic rings. The fourth-order valence-electron chi connectivity index (χ4n) is 3.80. The lowest BCUT2D eigenvalue weighted by Crippen LogP contribution is -2.29. The number of amidine groups is 1. The van der Waals surface area contributed by atoms with E-state index in [-0.39, 0.29) is 23.5 Å². The second-order valence-corrected chi connectivity index (χ2v) is 7.11. The molecule has 0 radical (unpaired) electrons. The van der Waals surface area contributed by atoms with Crippen molar-refractivity contribution in [3.63, 3.8) is 0 Å². The van der Waals surface area contributed by atoms with Crippen LogP contribution in [0.15, 0.2) is 41.5 Å². The summed E-state index contributed by atoms with van der Waals surface area (Å²) in [7, 11) is 1.42. The Hall–Kier alpha value is -2.83. The van der Waals surface area contributed by atoms with Crippen LogP contribution in [0.3, 0.4) is 0 Å². The second-order valence-electron chi connectivity index (χ2n) is 7.11. The van der Waals surface area contributed by atoms with Crippen LogP contribution in [-0.2, 0) is 9.53 Å². The number of imidazole rings is 1. The molecule has 0 spiro atoms. The summed E-state index contributed by atoms with van der Waals surface area (Å²) in [4.78, 5) is 24.1. The minimum Gasteiger partial charge on any atom is -0.469 e. The topological polar surface area (TPSA) is 103 Å². The molecular formula is C20H26N4O3. The van der Waals surface area contributed by atoms with Gasteiger partial charge in [-0.15, -0.1) is 0 Å². The Bertz CT molecular complexity index is 858. The predicted octanol–water partition coefficient (Wildman–Crippen LogP) is 2.61. The van der Waals surface area contributed by atoms with E-state index in [4.69, 9.17) is 15.9 Å². The van der Waals surface area contributed by atoms with Crippen LogP contribution in [0.4, 0.5) is 0 Å². The molecule has 0 aliphatic heterocycles. The number of ether oxygens (including phenoxy) is 1. The van der Waals surface area contributed by atoms with Crippen LogP contribution in [0.25, 0.3) is 5.69 Å². The number of benzene rings is 1. The normalized spacial score (nSPS) is 19.6. The van der Waals surface area contributed by atoms with Gasteiger partial charge in [0.2, 0.25) is 0 Å². The van der Waals surface area contributed by atoms with E-state index in [0.717, 1.165) is 37.8 Å². The van der Waals surface area contributed by atoms with E-state index in [1.807, 2.05) is 10.8 Å². The molecule has 144 valence electrons. The van der Waals surface area contributed by atoms with Gasteiger partial charge < -0.3 is 10.5 Å². The number of nitrogens with two attached hydrogens (primary N) is 1. The molecule has 3 N–H and O–H groups in total. The van der Waals surface area contributed by atoms with Crippen LogP contribution in [0, 0.1) is 11.3 Å². The first-order valence-electron chi connectivity index (χ1n) is 9.30. The molecule has 3 rings (SSSR count). The number of hydrogen-bond donors (Lipinski definition) is 2. The van der Waals surface area contributed by atoms with Gasteiger partial charge in [-0.2, -0.15) is 0 Å². The summed E-state index contributed by atoms with van der Waals surface area (Å²) in [6.45, 7) is 0.